The van der Waals surface area contributed by atoms with E-state index in [-0.39, 0.29) is 16.6 Å². The van der Waals surface area contributed by atoms with Gasteiger partial charge in [0.2, 0.25) is 10.0 Å². The number of ether oxygens (including phenoxy) is 1. The van der Waals surface area contributed by atoms with Gasteiger partial charge in [-0.25, -0.2) is 13.2 Å². The van der Waals surface area contributed by atoms with Crippen molar-refractivity contribution in [2.45, 2.75) is 31.7 Å². The van der Waals surface area contributed by atoms with E-state index in [2.05, 4.69) is 5.32 Å². The Bertz CT molecular complexity index is 1060. The minimum atomic E-state index is -3.72. The van der Waals surface area contributed by atoms with E-state index in [1.165, 1.54) is 28.2 Å². The quantitative estimate of drug-likeness (QED) is 0.544. The minimum Gasteiger partial charge on any atom is -0.451 e. The maximum Gasteiger partial charge on any atom is 0.355 e. The molecule has 1 aromatic carbocycles. The molecule has 0 saturated heterocycles. The van der Waals surface area contributed by atoms with Crippen molar-refractivity contribution in [3.05, 3.63) is 51.8 Å². The largest absolute Gasteiger partial charge is 0.451 e. The van der Waals surface area contributed by atoms with Crippen LogP contribution in [0.5, 0.6) is 0 Å². The molecular formula is C20H25Cl2N3O5S. The van der Waals surface area contributed by atoms with Crippen molar-refractivity contribution >= 4 is 45.1 Å². The maximum absolute atomic E-state index is 12.6. The van der Waals surface area contributed by atoms with Crippen LogP contribution in [0.4, 0.5) is 0 Å². The number of amides is 1. The molecule has 11 heteroatoms. The number of nitrogens with zero attached hydrogens (tertiary/aromatic N) is 2. The van der Waals surface area contributed by atoms with Crippen molar-refractivity contribution < 1.29 is 22.7 Å². The number of benzene rings is 1. The lowest BCUT2D eigenvalue weighted by Gasteiger charge is -2.17. The van der Waals surface area contributed by atoms with Gasteiger partial charge in [-0.15, -0.1) is 0 Å². The van der Waals surface area contributed by atoms with Crippen molar-refractivity contribution in [2.75, 3.05) is 19.7 Å². The van der Waals surface area contributed by atoms with Crippen molar-refractivity contribution in [3.8, 4) is 0 Å². The van der Waals surface area contributed by atoms with Crippen LogP contribution in [0.1, 0.15) is 42.9 Å². The lowest BCUT2D eigenvalue weighted by atomic mass is 10.1. The van der Waals surface area contributed by atoms with E-state index < -0.39 is 28.5 Å². The average molecular weight is 490 g/mol. The summed E-state index contributed by atoms with van der Waals surface area (Å²) in [6.45, 7) is 5.32. The van der Waals surface area contributed by atoms with Crippen LogP contribution in [-0.4, -0.2) is 48.9 Å². The first-order valence-corrected chi connectivity index (χ1v) is 11.8. The molecule has 0 aliphatic rings. The number of halogens is 2. The first kappa shape index (κ1) is 25.2. The third-order valence-electron chi connectivity index (χ3n) is 4.69. The number of hydrogen-bond acceptors (Lipinski definition) is 5. The van der Waals surface area contributed by atoms with Crippen LogP contribution in [0, 0.1) is 0 Å². The van der Waals surface area contributed by atoms with Crippen LogP contribution in [0.15, 0.2) is 35.4 Å². The molecule has 1 aromatic heterocycles. The van der Waals surface area contributed by atoms with Gasteiger partial charge in [0.15, 0.2) is 6.61 Å². The van der Waals surface area contributed by atoms with Crippen LogP contribution in [0.3, 0.4) is 0 Å². The van der Waals surface area contributed by atoms with Gasteiger partial charge in [0.05, 0.1) is 16.1 Å². The standard InChI is InChI=1S/C20H25Cl2N3O5S/c1-5-25(6-2)31(28,29)15-10-18(24(4)11-15)20(27)30-12-19(26)23-13(3)14-7-8-16(21)17(22)9-14/h7-11,13H,5-6,12H2,1-4H3,(H,23,26). The summed E-state index contributed by atoms with van der Waals surface area (Å²) < 4.78 is 33.0. The molecule has 8 nitrogen and oxygen atoms in total. The number of sulfonamides is 1. The highest BCUT2D eigenvalue weighted by Gasteiger charge is 2.26. The van der Waals surface area contributed by atoms with Gasteiger partial charge >= 0.3 is 5.97 Å². The zero-order valence-corrected chi connectivity index (χ0v) is 20.0. The molecule has 1 N–H and O–H groups in total. The number of carbonyl (C=O) groups is 2. The van der Waals surface area contributed by atoms with E-state index in [9.17, 15) is 18.0 Å². The highest BCUT2D eigenvalue weighted by Crippen LogP contribution is 2.25. The molecule has 0 radical (unpaired) electrons. The van der Waals surface area contributed by atoms with Gasteiger partial charge in [0, 0.05) is 26.3 Å². The van der Waals surface area contributed by atoms with Gasteiger partial charge in [-0.2, -0.15) is 4.31 Å². The smallest absolute Gasteiger partial charge is 0.355 e. The summed E-state index contributed by atoms with van der Waals surface area (Å²) in [5.74, 6) is -1.32. The van der Waals surface area contributed by atoms with Gasteiger partial charge < -0.3 is 14.6 Å². The summed E-state index contributed by atoms with van der Waals surface area (Å²) in [7, 11) is -2.18. The minimum absolute atomic E-state index is 0.0108. The fraction of sp³-hybridized carbons (Fsp3) is 0.400. The Hall–Kier alpha value is -2.07. The average Bonchev–Trinajstić information content (AvgIpc) is 3.11. The van der Waals surface area contributed by atoms with Crippen LogP contribution in [-0.2, 0) is 26.6 Å². The lowest BCUT2D eigenvalue weighted by molar-refractivity contribution is -0.124. The molecular weight excluding hydrogens is 465 g/mol. The molecule has 0 saturated carbocycles. The predicted octanol–water partition coefficient (Wildman–Crippen LogP) is 3.40. The van der Waals surface area contributed by atoms with Crippen molar-refractivity contribution in [1.29, 1.82) is 0 Å². The number of carbonyl (C=O) groups excluding carboxylic acids is 2. The highest BCUT2D eigenvalue weighted by atomic mass is 35.5. The van der Waals surface area contributed by atoms with Crippen LogP contribution < -0.4 is 5.32 Å². The first-order chi connectivity index (χ1) is 14.5. The van der Waals surface area contributed by atoms with Crippen molar-refractivity contribution in [3.63, 3.8) is 0 Å². The van der Waals surface area contributed by atoms with Crippen molar-refractivity contribution in [1.82, 2.24) is 14.2 Å². The number of rotatable bonds is 9. The van der Waals surface area contributed by atoms with E-state index >= 15 is 0 Å². The summed E-state index contributed by atoms with van der Waals surface area (Å²) >= 11 is 11.9. The molecule has 0 spiro atoms. The molecule has 0 aliphatic carbocycles. The second kappa shape index (κ2) is 10.5. The van der Waals surface area contributed by atoms with E-state index in [1.54, 1.807) is 39.0 Å². The lowest BCUT2D eigenvalue weighted by Crippen LogP contribution is -2.31. The Morgan fingerprint density at radius 2 is 1.81 bits per heavy atom. The number of aryl methyl sites for hydroxylation is 1. The maximum atomic E-state index is 12.6. The molecule has 2 rings (SSSR count). The Morgan fingerprint density at radius 1 is 1.16 bits per heavy atom. The second-order valence-electron chi connectivity index (χ2n) is 6.80. The van der Waals surface area contributed by atoms with E-state index in [0.717, 1.165) is 5.56 Å². The topological polar surface area (TPSA) is 97.7 Å². The molecule has 1 heterocycles. The Labute approximate surface area is 192 Å². The second-order valence-corrected chi connectivity index (χ2v) is 9.55. The number of aromatic nitrogens is 1. The zero-order chi connectivity index (χ0) is 23.3. The number of hydrogen-bond donors (Lipinski definition) is 1. The third kappa shape index (κ3) is 6.00. The van der Waals surface area contributed by atoms with Gasteiger partial charge in [-0.1, -0.05) is 43.1 Å². The molecule has 1 unspecified atom stereocenters. The predicted molar refractivity (Wildman–Crippen MR) is 119 cm³/mol. The Morgan fingerprint density at radius 3 is 2.39 bits per heavy atom. The molecule has 1 atom stereocenters. The number of nitrogens with one attached hydrogen (secondary N) is 1. The third-order valence-corrected chi connectivity index (χ3v) is 7.44. The summed E-state index contributed by atoms with van der Waals surface area (Å²) in [5.41, 5.74) is 0.763. The Kier molecular flexibility index (Phi) is 8.53. The Balaban J connectivity index is 2.01. The molecule has 2 aromatic rings. The van der Waals surface area contributed by atoms with Crippen molar-refractivity contribution in [2.24, 2.45) is 7.05 Å². The fourth-order valence-electron chi connectivity index (χ4n) is 2.94. The molecule has 0 fully saturated rings. The monoisotopic (exact) mass is 489 g/mol. The number of esters is 1. The summed E-state index contributed by atoms with van der Waals surface area (Å²) in [6, 6.07) is 5.85. The molecule has 0 bridgehead atoms. The van der Waals surface area contributed by atoms with Crippen LogP contribution in [0.25, 0.3) is 0 Å². The van der Waals surface area contributed by atoms with Crippen LogP contribution in [0.2, 0.25) is 10.0 Å². The van der Waals surface area contributed by atoms with Gasteiger partial charge in [0.25, 0.3) is 5.91 Å². The first-order valence-electron chi connectivity index (χ1n) is 9.59. The van der Waals surface area contributed by atoms with Crippen LogP contribution >= 0.6 is 23.2 Å². The van der Waals surface area contributed by atoms with Gasteiger partial charge in [-0.3, -0.25) is 4.79 Å². The van der Waals surface area contributed by atoms with E-state index in [4.69, 9.17) is 27.9 Å². The summed E-state index contributed by atoms with van der Waals surface area (Å²) in [5, 5.41) is 3.47. The van der Waals surface area contributed by atoms with Gasteiger partial charge in [0.1, 0.15) is 10.6 Å². The fourth-order valence-corrected chi connectivity index (χ4v) is 4.78. The van der Waals surface area contributed by atoms with Gasteiger partial charge in [-0.05, 0) is 30.7 Å². The molecule has 1 amide bonds. The van der Waals surface area contributed by atoms with E-state index in [1.807, 2.05) is 0 Å². The normalized spacial score (nSPS) is 12.6. The highest BCUT2D eigenvalue weighted by molar-refractivity contribution is 7.89. The molecule has 31 heavy (non-hydrogen) atoms. The van der Waals surface area contributed by atoms with E-state index in [0.29, 0.717) is 23.1 Å². The zero-order valence-electron chi connectivity index (χ0n) is 17.7. The SMILES string of the molecule is CCN(CC)S(=O)(=O)c1cc(C(=O)OCC(=O)NC(C)c2ccc(Cl)c(Cl)c2)n(C)c1. The summed E-state index contributed by atoms with van der Waals surface area (Å²) in [4.78, 5) is 24.6. The molecule has 170 valence electrons. The summed E-state index contributed by atoms with van der Waals surface area (Å²) in [6.07, 6.45) is 1.34. The molecule has 0 aliphatic heterocycles.